The summed E-state index contributed by atoms with van der Waals surface area (Å²) in [6.45, 7) is 6.77. The first-order valence-corrected chi connectivity index (χ1v) is 29.3. The zero-order valence-electron chi connectivity index (χ0n) is 37.7. The summed E-state index contributed by atoms with van der Waals surface area (Å²) in [6, 6.07) is 49.2. The molecule has 0 saturated carbocycles. The Kier molecular flexibility index (Phi) is 24.2. The van der Waals surface area contributed by atoms with Crippen LogP contribution in [-0.4, -0.2) is 10.2 Å². The number of anilines is 5. The molecule has 0 saturated heterocycles. The molecule has 0 bridgehead atoms. The van der Waals surface area contributed by atoms with E-state index in [0.717, 1.165) is 28.4 Å². The number of hydrogen-bond donors (Lipinski definition) is 5. The van der Waals surface area contributed by atoms with Crippen molar-refractivity contribution in [2.45, 2.75) is 117 Å². The van der Waals surface area contributed by atoms with E-state index >= 15 is 0 Å². The Hall–Kier alpha value is -4.48. The number of aromatic hydroxyl groups is 2. The first-order valence-electron chi connectivity index (χ1n) is 23.0. The summed E-state index contributed by atoms with van der Waals surface area (Å²) in [6.07, 6.45) is 19.3. The number of phenolic OH excluding ortho intramolecular Hbond substituents is 2. The minimum absolute atomic E-state index is 0.198. The van der Waals surface area contributed by atoms with E-state index in [4.69, 9.17) is 5.73 Å². The van der Waals surface area contributed by atoms with Crippen molar-refractivity contribution in [2.24, 2.45) is 0 Å². The highest BCUT2D eigenvalue weighted by Crippen LogP contribution is 2.33. The smallest absolute Gasteiger partial charge is 0.123 e. The van der Waals surface area contributed by atoms with Gasteiger partial charge in [0.25, 0.3) is 0 Å². The van der Waals surface area contributed by atoms with E-state index in [1.165, 1.54) is 124 Å². The molecule has 0 amide bonds. The predicted octanol–water partition coefficient (Wildman–Crippen LogP) is 18.0. The molecule has 0 atom stereocenters. The topological polar surface area (TPSA) is 90.5 Å². The van der Waals surface area contributed by atoms with Crippen molar-refractivity contribution >= 4 is 87.2 Å². The molecule has 0 aromatic heterocycles. The molecular weight excluding hydrogens is 1000 g/mol. The third-order valence-corrected chi connectivity index (χ3v) is 11.2. The van der Waals surface area contributed by atoms with Crippen molar-refractivity contribution in [3.8, 4) is 11.5 Å². The zero-order valence-corrected chi connectivity index (χ0v) is 42.0. The van der Waals surface area contributed by atoms with Gasteiger partial charge in [0.2, 0.25) is 0 Å². The van der Waals surface area contributed by atoms with Gasteiger partial charge in [0.05, 0.1) is 0 Å². The minimum Gasteiger partial charge on any atom is -0.507 e. The number of nitrogen functional groups attached to an aromatic ring is 1. The van der Waals surface area contributed by atoms with Crippen LogP contribution < -0.4 is 16.4 Å². The predicted molar refractivity (Wildman–Crippen MR) is 293 cm³/mol. The van der Waals surface area contributed by atoms with Crippen molar-refractivity contribution in [3.05, 3.63) is 162 Å². The van der Waals surface area contributed by atoms with Gasteiger partial charge in [-0.3, -0.25) is 0 Å². The highest BCUT2D eigenvalue weighted by Gasteiger charge is 2.07. The van der Waals surface area contributed by atoms with Crippen molar-refractivity contribution in [3.63, 3.8) is 0 Å². The number of rotatable bonds is 19. The van der Waals surface area contributed by atoms with Gasteiger partial charge in [0, 0.05) is 87.2 Å². The lowest BCUT2D eigenvalue weighted by Crippen LogP contribution is -1.95. The lowest BCUT2D eigenvalue weighted by molar-refractivity contribution is 0.475. The molecule has 7 rings (SSSR count). The van der Waals surface area contributed by atoms with Crippen LogP contribution >= 0.6 is 37.2 Å². The Morgan fingerprint density at radius 1 is 0.381 bits per heavy atom. The van der Waals surface area contributed by atoms with E-state index in [2.05, 4.69) is 166 Å². The highest BCUT2D eigenvalue weighted by atomic mass is 128. The van der Waals surface area contributed by atoms with Crippen molar-refractivity contribution in [2.75, 3.05) is 16.4 Å². The van der Waals surface area contributed by atoms with E-state index in [0.29, 0.717) is 10.8 Å². The van der Waals surface area contributed by atoms with Crippen LogP contribution in [0.5, 0.6) is 11.5 Å². The molecule has 7 aromatic rings. The number of aryl methyl sites for hydroxylation is 3. The van der Waals surface area contributed by atoms with Crippen LogP contribution in [-0.2, 0) is 19.3 Å². The van der Waals surface area contributed by atoms with E-state index in [1.54, 1.807) is 36.4 Å². The first-order chi connectivity index (χ1) is 30.9. The number of hydrogen-bond acceptors (Lipinski definition) is 5. The summed E-state index contributed by atoms with van der Waals surface area (Å²) in [7, 11) is 0. The number of halogens is 2. The van der Waals surface area contributed by atoms with Crippen LogP contribution in [0.2, 0.25) is 0 Å². The Morgan fingerprint density at radius 2 is 0.698 bits per heavy atom. The van der Waals surface area contributed by atoms with Crippen LogP contribution in [0.15, 0.2) is 146 Å². The monoisotopic (exact) mass is 1070 g/mol. The zero-order chi connectivity index (χ0) is 45.1. The number of nitrogens with two attached hydrogens (primary N) is 1. The summed E-state index contributed by atoms with van der Waals surface area (Å²) in [5.74, 6) is 0.395. The second-order valence-corrected chi connectivity index (χ2v) is 16.2. The van der Waals surface area contributed by atoms with Gasteiger partial charge >= 0.3 is 0 Å². The molecule has 0 aliphatic heterocycles. The molecule has 0 heterocycles. The Labute approximate surface area is 401 Å². The van der Waals surface area contributed by atoms with Gasteiger partial charge in [-0.25, -0.2) is 0 Å². The second kappa shape index (κ2) is 29.8. The molecule has 7 aromatic carbocycles. The van der Waals surface area contributed by atoms with Crippen LogP contribution in [0.3, 0.4) is 0 Å². The number of unbranched alkanes of at least 4 members (excludes halogenated alkanes) is 9. The number of fused-ring (bicyclic) bond motifs is 2. The number of nitrogens with one attached hydrogen (secondary N) is 2. The van der Waals surface area contributed by atoms with E-state index in [9.17, 15) is 10.2 Å². The molecule has 0 spiro atoms. The molecule has 5 nitrogen and oxygen atoms in total. The van der Waals surface area contributed by atoms with Crippen LogP contribution in [0, 0.1) is 0 Å². The fourth-order valence-corrected chi connectivity index (χ4v) is 7.58. The van der Waals surface area contributed by atoms with Crippen molar-refractivity contribution in [1.29, 1.82) is 0 Å². The van der Waals surface area contributed by atoms with Gasteiger partial charge in [-0.2, -0.15) is 0 Å². The maximum atomic E-state index is 9.38. The Morgan fingerprint density at radius 3 is 1.05 bits per heavy atom. The molecule has 334 valence electrons. The van der Waals surface area contributed by atoms with Crippen LogP contribution in [0.4, 0.5) is 28.4 Å². The standard InChI is InChI=1S/C34H42N2.C12H19N.C10H8O2.I2/c1-3-5-7-9-13-27-19-23-29(24-20-27)35-33-17-11-16-32-31(33)15-12-18-34(32)36-30-25-21-28(22-26-30)14-10-8-6-4-2;1-2-3-4-5-6-11-7-9-12(13)10-8-11;11-9-5-1-3-7-8(9)4-2-6-10(7)12;1-2/h11-12,15-26,35-36H,3-10,13-14H2,1-2H3;7-10H,2-6,13H2,1H3;1-6,11-12H;. The minimum atomic E-state index is 0.198. The maximum absolute atomic E-state index is 9.38. The fourth-order valence-electron chi connectivity index (χ4n) is 7.58. The van der Waals surface area contributed by atoms with Gasteiger partial charge in [-0.05, 0) is 116 Å². The van der Waals surface area contributed by atoms with E-state index in [-0.39, 0.29) is 11.5 Å². The summed E-state index contributed by atoms with van der Waals surface area (Å²) in [5, 5.41) is 29.9. The van der Waals surface area contributed by atoms with Crippen LogP contribution in [0.25, 0.3) is 21.5 Å². The lowest BCUT2D eigenvalue weighted by Gasteiger charge is -2.14. The third-order valence-electron chi connectivity index (χ3n) is 11.2. The third kappa shape index (κ3) is 17.9. The second-order valence-electron chi connectivity index (χ2n) is 16.2. The van der Waals surface area contributed by atoms with E-state index in [1.807, 2.05) is 12.1 Å². The largest absolute Gasteiger partial charge is 0.507 e. The summed E-state index contributed by atoms with van der Waals surface area (Å²) in [4.78, 5) is 0. The maximum Gasteiger partial charge on any atom is 0.123 e. The number of phenols is 2. The quantitative estimate of drug-likeness (QED) is 0.0316. The summed E-state index contributed by atoms with van der Waals surface area (Å²) >= 11 is 4.24. The molecule has 0 unspecified atom stereocenters. The molecule has 63 heavy (non-hydrogen) atoms. The Bertz CT molecular complexity index is 2180. The Balaban J connectivity index is 0.000000261. The van der Waals surface area contributed by atoms with Crippen LogP contribution in [0.1, 0.15) is 115 Å². The average molecular weight is 1070 g/mol. The first kappa shape index (κ1) is 51.2. The van der Waals surface area contributed by atoms with Crippen molar-refractivity contribution < 1.29 is 10.2 Å². The average Bonchev–Trinajstić information content (AvgIpc) is 3.32. The molecule has 0 radical (unpaired) electrons. The van der Waals surface area contributed by atoms with Gasteiger partial charge in [0.15, 0.2) is 0 Å². The number of benzene rings is 7. The molecule has 0 aliphatic rings. The SMILES string of the molecule is CCCCCCc1ccc(N)cc1.CCCCCCc1ccc(Nc2cccc3c(Nc4ccc(CCCCCC)cc4)cccc23)cc1.II.Oc1cccc2c(O)cccc12. The van der Waals surface area contributed by atoms with Gasteiger partial charge < -0.3 is 26.6 Å². The van der Waals surface area contributed by atoms with E-state index < -0.39 is 0 Å². The fraction of sp³-hybridized carbons (Fsp3) is 0.321. The molecule has 0 aliphatic carbocycles. The van der Waals surface area contributed by atoms with Gasteiger partial charge in [-0.1, -0.05) is 163 Å². The molecule has 6 N–H and O–H groups in total. The summed E-state index contributed by atoms with van der Waals surface area (Å²) in [5.41, 5.74) is 15.2. The molecular formula is C56H69I2N3O2. The normalized spacial score (nSPS) is 10.5. The lowest BCUT2D eigenvalue weighted by atomic mass is 10.0. The summed E-state index contributed by atoms with van der Waals surface area (Å²) < 4.78 is 0. The highest BCUT2D eigenvalue weighted by molar-refractivity contribution is 15.0. The van der Waals surface area contributed by atoms with Crippen molar-refractivity contribution in [1.82, 2.24) is 0 Å². The molecule has 0 fully saturated rings. The van der Waals surface area contributed by atoms with Gasteiger partial charge in [0.1, 0.15) is 11.5 Å². The molecule has 7 heteroatoms. The van der Waals surface area contributed by atoms with Gasteiger partial charge in [-0.15, -0.1) is 0 Å².